The molecule has 1 atom stereocenters. The van der Waals surface area contributed by atoms with Crippen LogP contribution in [0, 0.1) is 5.92 Å². The molecule has 26 heavy (non-hydrogen) atoms. The molecule has 1 heterocycles. The van der Waals surface area contributed by atoms with Crippen LogP contribution in [0.1, 0.15) is 41.5 Å². The topological polar surface area (TPSA) is 92.6 Å². The lowest BCUT2D eigenvalue weighted by Crippen LogP contribution is -2.54. The largest absolute Gasteiger partial charge is 0.444 e. The number of alkyl carbamates (subject to hydrolysis) is 1. The van der Waals surface area contributed by atoms with E-state index in [2.05, 4.69) is 33.0 Å². The molecule has 0 aromatic carbocycles. The molecule has 0 saturated heterocycles. The van der Waals surface area contributed by atoms with Gasteiger partial charge in [-0.25, -0.2) is 4.79 Å². The summed E-state index contributed by atoms with van der Waals surface area (Å²) in [6.07, 6.45) is 3.30. The van der Waals surface area contributed by atoms with Gasteiger partial charge in [-0.2, -0.15) is 5.10 Å². The third-order valence-electron chi connectivity index (χ3n) is 3.44. The van der Waals surface area contributed by atoms with Crippen molar-refractivity contribution in [2.45, 2.75) is 59.2 Å². The quantitative estimate of drug-likeness (QED) is 0.507. The highest BCUT2D eigenvalue weighted by Gasteiger charge is 2.24. The SMILES string of the molecule is CN=C(NCC(C)Cn1cccn1)NCC(C)(C)NC(=O)OC(C)(C)C. The third-order valence-corrected chi connectivity index (χ3v) is 3.44. The second kappa shape index (κ2) is 9.45. The Kier molecular flexibility index (Phi) is 7.92. The van der Waals surface area contributed by atoms with Crippen LogP contribution in [0.3, 0.4) is 0 Å². The molecule has 1 rings (SSSR count). The van der Waals surface area contributed by atoms with Gasteiger partial charge >= 0.3 is 6.09 Å². The summed E-state index contributed by atoms with van der Waals surface area (Å²) in [7, 11) is 1.72. The number of nitrogens with zero attached hydrogens (tertiary/aromatic N) is 3. The van der Waals surface area contributed by atoms with Gasteiger partial charge < -0.3 is 20.7 Å². The number of hydrogen-bond acceptors (Lipinski definition) is 4. The molecule has 3 N–H and O–H groups in total. The van der Waals surface area contributed by atoms with Gasteiger partial charge in [0.15, 0.2) is 5.96 Å². The minimum Gasteiger partial charge on any atom is -0.444 e. The summed E-state index contributed by atoms with van der Waals surface area (Å²) in [6, 6.07) is 1.92. The van der Waals surface area contributed by atoms with E-state index in [-0.39, 0.29) is 0 Å². The maximum atomic E-state index is 11.9. The fraction of sp³-hybridized carbons (Fsp3) is 0.722. The normalized spacial score (nSPS) is 13.9. The first kappa shape index (κ1) is 21.8. The van der Waals surface area contributed by atoms with Crippen molar-refractivity contribution in [3.63, 3.8) is 0 Å². The number of carbonyl (C=O) groups is 1. The monoisotopic (exact) mass is 366 g/mol. The molecular weight excluding hydrogens is 332 g/mol. The van der Waals surface area contributed by atoms with Crippen molar-refractivity contribution in [3.05, 3.63) is 18.5 Å². The van der Waals surface area contributed by atoms with Gasteiger partial charge in [0.25, 0.3) is 0 Å². The predicted octanol–water partition coefficient (Wildman–Crippen LogP) is 1.99. The lowest BCUT2D eigenvalue weighted by Gasteiger charge is -2.29. The molecule has 1 amide bonds. The van der Waals surface area contributed by atoms with E-state index in [1.165, 1.54) is 0 Å². The van der Waals surface area contributed by atoms with Crippen LogP contribution in [0.2, 0.25) is 0 Å². The standard InChI is InChI=1S/C18H34N6O2/c1-14(12-24-10-8-9-22-24)11-20-15(19-7)21-13-18(5,6)23-16(25)26-17(2,3)4/h8-10,14H,11-13H2,1-7H3,(H,23,25)(H2,19,20,21). The number of nitrogens with one attached hydrogen (secondary N) is 3. The first-order valence-electron chi connectivity index (χ1n) is 8.94. The molecule has 0 saturated carbocycles. The minimum atomic E-state index is -0.518. The molecule has 0 aliphatic heterocycles. The summed E-state index contributed by atoms with van der Waals surface area (Å²) >= 11 is 0. The molecule has 0 fully saturated rings. The van der Waals surface area contributed by atoms with E-state index < -0.39 is 17.2 Å². The Morgan fingerprint density at radius 1 is 1.27 bits per heavy atom. The summed E-state index contributed by atoms with van der Waals surface area (Å²) in [4.78, 5) is 16.2. The predicted molar refractivity (Wildman–Crippen MR) is 104 cm³/mol. The van der Waals surface area contributed by atoms with Gasteiger partial charge in [-0.05, 0) is 46.6 Å². The zero-order valence-corrected chi connectivity index (χ0v) is 17.1. The zero-order chi connectivity index (χ0) is 19.8. The van der Waals surface area contributed by atoms with E-state index in [1.54, 1.807) is 13.2 Å². The number of guanidine groups is 1. The Balaban J connectivity index is 2.38. The molecule has 0 aliphatic carbocycles. The molecule has 0 spiro atoms. The summed E-state index contributed by atoms with van der Waals surface area (Å²) < 4.78 is 7.22. The molecule has 148 valence electrons. The lowest BCUT2D eigenvalue weighted by atomic mass is 10.1. The van der Waals surface area contributed by atoms with Gasteiger partial charge in [-0.15, -0.1) is 0 Å². The number of hydrogen-bond donors (Lipinski definition) is 3. The van der Waals surface area contributed by atoms with E-state index in [4.69, 9.17) is 4.74 Å². The molecule has 1 unspecified atom stereocenters. The fourth-order valence-electron chi connectivity index (χ4n) is 2.21. The lowest BCUT2D eigenvalue weighted by molar-refractivity contribution is 0.0474. The molecule has 0 aliphatic rings. The van der Waals surface area contributed by atoms with Gasteiger partial charge in [0, 0.05) is 39.1 Å². The number of aliphatic imine (C=N–C) groups is 1. The second-order valence-electron chi connectivity index (χ2n) is 8.15. The van der Waals surface area contributed by atoms with E-state index in [9.17, 15) is 4.79 Å². The highest BCUT2D eigenvalue weighted by atomic mass is 16.6. The molecule has 8 heteroatoms. The van der Waals surface area contributed by atoms with Crippen molar-refractivity contribution in [2.24, 2.45) is 10.9 Å². The molecule has 0 radical (unpaired) electrons. The summed E-state index contributed by atoms with van der Waals surface area (Å²) in [5, 5.41) is 13.6. The van der Waals surface area contributed by atoms with Crippen molar-refractivity contribution in [1.82, 2.24) is 25.7 Å². The maximum absolute atomic E-state index is 11.9. The van der Waals surface area contributed by atoms with Crippen LogP contribution in [0.15, 0.2) is 23.5 Å². The van der Waals surface area contributed by atoms with E-state index in [1.807, 2.05) is 51.6 Å². The third kappa shape index (κ3) is 9.29. The van der Waals surface area contributed by atoms with Crippen molar-refractivity contribution in [2.75, 3.05) is 20.1 Å². The Morgan fingerprint density at radius 2 is 1.96 bits per heavy atom. The first-order chi connectivity index (χ1) is 12.0. The van der Waals surface area contributed by atoms with Crippen molar-refractivity contribution in [3.8, 4) is 0 Å². The Hall–Kier alpha value is -2.25. The smallest absolute Gasteiger partial charge is 0.408 e. The van der Waals surface area contributed by atoms with Crippen LogP contribution < -0.4 is 16.0 Å². The van der Waals surface area contributed by atoms with Gasteiger partial charge in [0.2, 0.25) is 0 Å². The van der Waals surface area contributed by atoms with Gasteiger partial charge in [0.1, 0.15) is 5.60 Å². The van der Waals surface area contributed by atoms with Crippen LogP contribution in [-0.2, 0) is 11.3 Å². The first-order valence-corrected chi connectivity index (χ1v) is 8.94. The minimum absolute atomic E-state index is 0.390. The Morgan fingerprint density at radius 3 is 2.50 bits per heavy atom. The summed E-state index contributed by atoms with van der Waals surface area (Å²) in [5.74, 6) is 1.08. The average Bonchev–Trinajstić information content (AvgIpc) is 2.97. The fourth-order valence-corrected chi connectivity index (χ4v) is 2.21. The number of ether oxygens (including phenoxy) is 1. The molecular formula is C18H34N6O2. The number of amides is 1. The van der Waals surface area contributed by atoms with Crippen molar-refractivity contribution < 1.29 is 9.53 Å². The Labute approximate surface area is 156 Å². The van der Waals surface area contributed by atoms with Crippen LogP contribution in [0.4, 0.5) is 4.79 Å². The molecule has 0 bridgehead atoms. The van der Waals surface area contributed by atoms with Crippen molar-refractivity contribution >= 4 is 12.1 Å². The zero-order valence-electron chi connectivity index (χ0n) is 17.1. The Bertz CT molecular complexity index is 575. The summed E-state index contributed by atoms with van der Waals surface area (Å²) in [6.45, 7) is 13.6. The highest BCUT2D eigenvalue weighted by Crippen LogP contribution is 2.09. The molecule has 8 nitrogen and oxygen atoms in total. The molecule has 1 aromatic heterocycles. The second-order valence-corrected chi connectivity index (χ2v) is 8.15. The van der Waals surface area contributed by atoms with Gasteiger partial charge in [-0.3, -0.25) is 9.67 Å². The van der Waals surface area contributed by atoms with E-state index in [0.29, 0.717) is 18.4 Å². The number of aromatic nitrogens is 2. The summed E-state index contributed by atoms with van der Waals surface area (Å²) in [5.41, 5.74) is -1.00. The highest BCUT2D eigenvalue weighted by molar-refractivity contribution is 5.79. The van der Waals surface area contributed by atoms with Gasteiger partial charge in [-0.1, -0.05) is 6.92 Å². The van der Waals surface area contributed by atoms with Crippen LogP contribution >= 0.6 is 0 Å². The average molecular weight is 367 g/mol. The van der Waals surface area contributed by atoms with E-state index >= 15 is 0 Å². The van der Waals surface area contributed by atoms with Crippen LogP contribution in [-0.4, -0.2) is 53.1 Å². The van der Waals surface area contributed by atoms with Gasteiger partial charge in [0.05, 0.1) is 5.54 Å². The molecule has 1 aromatic rings. The van der Waals surface area contributed by atoms with Crippen molar-refractivity contribution in [1.29, 1.82) is 0 Å². The number of rotatable bonds is 7. The number of carbonyl (C=O) groups excluding carboxylic acids is 1. The maximum Gasteiger partial charge on any atom is 0.408 e. The van der Waals surface area contributed by atoms with Crippen LogP contribution in [0.5, 0.6) is 0 Å². The van der Waals surface area contributed by atoms with E-state index in [0.717, 1.165) is 13.1 Å². The van der Waals surface area contributed by atoms with Crippen LogP contribution in [0.25, 0.3) is 0 Å².